The van der Waals surface area contributed by atoms with Crippen LogP contribution in [-0.2, 0) is 4.79 Å². The van der Waals surface area contributed by atoms with Gasteiger partial charge in [-0.05, 0) is 44.9 Å². The summed E-state index contributed by atoms with van der Waals surface area (Å²) in [5.41, 5.74) is 0.913. The van der Waals surface area contributed by atoms with Crippen molar-refractivity contribution in [1.82, 2.24) is 15.5 Å². The molecule has 28 heavy (non-hydrogen) atoms. The van der Waals surface area contributed by atoms with Crippen LogP contribution in [0, 0.1) is 5.92 Å². The lowest BCUT2D eigenvalue weighted by atomic mass is 9.89. The van der Waals surface area contributed by atoms with Crippen LogP contribution in [0.5, 0.6) is 0 Å². The Kier molecular flexibility index (Phi) is 6.11. The molecule has 0 spiro atoms. The average molecular weight is 385 g/mol. The number of fused-ring (bicyclic) bond motifs is 1. The number of rotatable bonds is 6. The fourth-order valence-electron chi connectivity index (χ4n) is 3.84. The van der Waals surface area contributed by atoms with E-state index in [-0.39, 0.29) is 41.2 Å². The molecule has 0 atom stereocenters. The minimum Gasteiger partial charge on any atom is -0.354 e. The largest absolute Gasteiger partial charge is 0.354 e. The van der Waals surface area contributed by atoms with Gasteiger partial charge in [0.15, 0.2) is 0 Å². The third-order valence-electron chi connectivity index (χ3n) is 5.38. The molecule has 4 amide bonds. The van der Waals surface area contributed by atoms with Crippen LogP contribution in [-0.4, -0.2) is 47.7 Å². The van der Waals surface area contributed by atoms with Gasteiger partial charge >= 0.3 is 0 Å². The predicted octanol–water partition coefficient (Wildman–Crippen LogP) is 2.12. The third-order valence-corrected chi connectivity index (χ3v) is 5.38. The number of amides is 4. The monoisotopic (exact) mass is 385 g/mol. The van der Waals surface area contributed by atoms with E-state index in [1.54, 1.807) is 19.9 Å². The van der Waals surface area contributed by atoms with Crippen LogP contribution in [0.4, 0.5) is 0 Å². The lowest BCUT2D eigenvalue weighted by Crippen LogP contribution is -2.38. The molecule has 3 rings (SSSR count). The molecule has 1 aliphatic heterocycles. The van der Waals surface area contributed by atoms with E-state index in [0.29, 0.717) is 24.2 Å². The molecule has 2 N–H and O–H groups in total. The van der Waals surface area contributed by atoms with Crippen molar-refractivity contribution in [1.29, 1.82) is 0 Å². The zero-order valence-corrected chi connectivity index (χ0v) is 16.4. The van der Waals surface area contributed by atoms with Gasteiger partial charge in [0, 0.05) is 30.6 Å². The van der Waals surface area contributed by atoms with Crippen molar-refractivity contribution >= 4 is 23.6 Å². The molecular weight excluding hydrogens is 358 g/mol. The van der Waals surface area contributed by atoms with E-state index in [4.69, 9.17) is 0 Å². The number of carbonyl (C=O) groups is 4. The maximum atomic E-state index is 12.4. The quantitative estimate of drug-likeness (QED) is 0.579. The van der Waals surface area contributed by atoms with E-state index < -0.39 is 0 Å². The van der Waals surface area contributed by atoms with Crippen molar-refractivity contribution in [3.05, 3.63) is 34.9 Å². The first kappa shape index (κ1) is 20.0. The van der Waals surface area contributed by atoms with Gasteiger partial charge in [-0.2, -0.15) is 0 Å². The highest BCUT2D eigenvalue weighted by Gasteiger charge is 2.37. The molecule has 0 bridgehead atoms. The van der Waals surface area contributed by atoms with Gasteiger partial charge in [0.1, 0.15) is 0 Å². The van der Waals surface area contributed by atoms with Gasteiger partial charge in [0.2, 0.25) is 5.91 Å². The predicted molar refractivity (Wildman–Crippen MR) is 104 cm³/mol. The standard InChI is InChI=1S/C21H27N3O4/c1-13(2)24-20(27)16-9-8-15(12-17(16)21(24)28)19(26)23-11-10-22-18(25)14-6-4-3-5-7-14/h8-9,12-14H,3-7,10-11H2,1-2H3,(H,22,25)(H,23,26). The van der Waals surface area contributed by atoms with Gasteiger partial charge in [-0.25, -0.2) is 0 Å². The third kappa shape index (κ3) is 4.08. The molecule has 0 unspecified atom stereocenters. The van der Waals surface area contributed by atoms with Crippen molar-refractivity contribution < 1.29 is 19.2 Å². The zero-order chi connectivity index (χ0) is 20.3. The summed E-state index contributed by atoms with van der Waals surface area (Å²) in [6.45, 7) is 4.22. The van der Waals surface area contributed by atoms with Gasteiger partial charge in [-0.1, -0.05) is 19.3 Å². The first-order chi connectivity index (χ1) is 13.4. The average Bonchev–Trinajstić information content (AvgIpc) is 2.95. The summed E-state index contributed by atoms with van der Waals surface area (Å²) >= 11 is 0. The van der Waals surface area contributed by atoms with E-state index in [0.717, 1.165) is 25.7 Å². The van der Waals surface area contributed by atoms with Crippen LogP contribution in [0.1, 0.15) is 77.0 Å². The first-order valence-corrected chi connectivity index (χ1v) is 9.98. The van der Waals surface area contributed by atoms with E-state index in [9.17, 15) is 19.2 Å². The summed E-state index contributed by atoms with van der Waals surface area (Å²) in [6.07, 6.45) is 5.27. The Morgan fingerprint density at radius 3 is 2.32 bits per heavy atom. The molecule has 0 radical (unpaired) electrons. The minimum atomic E-state index is -0.371. The summed E-state index contributed by atoms with van der Waals surface area (Å²) in [5, 5.41) is 5.62. The lowest BCUT2D eigenvalue weighted by molar-refractivity contribution is -0.125. The van der Waals surface area contributed by atoms with Gasteiger partial charge in [0.25, 0.3) is 17.7 Å². The zero-order valence-electron chi connectivity index (χ0n) is 16.4. The van der Waals surface area contributed by atoms with Gasteiger partial charge in [0.05, 0.1) is 11.1 Å². The summed E-state index contributed by atoms with van der Waals surface area (Å²) in [5.74, 6) is -0.882. The molecule has 7 nitrogen and oxygen atoms in total. The second-order valence-corrected chi connectivity index (χ2v) is 7.72. The second kappa shape index (κ2) is 8.54. The van der Waals surface area contributed by atoms with E-state index in [2.05, 4.69) is 10.6 Å². The van der Waals surface area contributed by atoms with Crippen LogP contribution in [0.25, 0.3) is 0 Å². The summed E-state index contributed by atoms with van der Waals surface area (Å²) in [6, 6.07) is 4.30. The summed E-state index contributed by atoms with van der Waals surface area (Å²) in [4.78, 5) is 50.4. The maximum Gasteiger partial charge on any atom is 0.261 e. The van der Waals surface area contributed by atoms with Crippen LogP contribution >= 0.6 is 0 Å². The molecule has 1 saturated carbocycles. The van der Waals surface area contributed by atoms with Crippen LogP contribution in [0.15, 0.2) is 18.2 Å². The minimum absolute atomic E-state index is 0.0596. The van der Waals surface area contributed by atoms with E-state index in [1.807, 2.05) is 0 Å². The first-order valence-electron chi connectivity index (χ1n) is 9.98. The molecule has 1 aromatic rings. The Bertz CT molecular complexity index is 797. The number of imide groups is 1. The smallest absolute Gasteiger partial charge is 0.261 e. The molecule has 7 heteroatoms. The lowest BCUT2D eigenvalue weighted by Gasteiger charge is -2.20. The highest BCUT2D eigenvalue weighted by molar-refractivity contribution is 6.22. The second-order valence-electron chi connectivity index (χ2n) is 7.72. The molecular formula is C21H27N3O4. The number of carbonyl (C=O) groups excluding carboxylic acids is 4. The van der Waals surface area contributed by atoms with Crippen LogP contribution in [0.3, 0.4) is 0 Å². The number of nitrogens with one attached hydrogen (secondary N) is 2. The molecule has 0 saturated heterocycles. The van der Waals surface area contributed by atoms with Crippen molar-refractivity contribution in [2.75, 3.05) is 13.1 Å². The number of nitrogens with zero attached hydrogens (tertiary/aromatic N) is 1. The van der Waals surface area contributed by atoms with Crippen molar-refractivity contribution in [3.8, 4) is 0 Å². The highest BCUT2D eigenvalue weighted by atomic mass is 16.2. The Morgan fingerprint density at radius 1 is 1.00 bits per heavy atom. The molecule has 2 aliphatic rings. The van der Waals surface area contributed by atoms with Crippen LogP contribution < -0.4 is 10.6 Å². The molecule has 1 aromatic carbocycles. The van der Waals surface area contributed by atoms with Crippen LogP contribution in [0.2, 0.25) is 0 Å². The van der Waals surface area contributed by atoms with E-state index >= 15 is 0 Å². The molecule has 150 valence electrons. The fraction of sp³-hybridized carbons (Fsp3) is 0.524. The van der Waals surface area contributed by atoms with E-state index in [1.165, 1.54) is 23.5 Å². The number of hydrogen-bond donors (Lipinski definition) is 2. The topological polar surface area (TPSA) is 95.6 Å². The van der Waals surface area contributed by atoms with Crippen molar-refractivity contribution in [2.45, 2.75) is 52.0 Å². The number of benzene rings is 1. The maximum absolute atomic E-state index is 12.4. The Hall–Kier alpha value is -2.70. The Labute approximate surface area is 164 Å². The molecule has 1 fully saturated rings. The highest BCUT2D eigenvalue weighted by Crippen LogP contribution is 2.26. The van der Waals surface area contributed by atoms with Crippen molar-refractivity contribution in [2.24, 2.45) is 5.92 Å². The van der Waals surface area contributed by atoms with Crippen molar-refractivity contribution in [3.63, 3.8) is 0 Å². The molecule has 1 heterocycles. The SMILES string of the molecule is CC(C)N1C(=O)c2ccc(C(=O)NCCNC(=O)C3CCCCC3)cc2C1=O. The molecule has 0 aromatic heterocycles. The molecule has 1 aliphatic carbocycles. The van der Waals surface area contributed by atoms with Gasteiger partial charge in [-0.3, -0.25) is 24.1 Å². The Balaban J connectivity index is 1.53. The Morgan fingerprint density at radius 2 is 1.64 bits per heavy atom. The number of hydrogen-bond acceptors (Lipinski definition) is 4. The van der Waals surface area contributed by atoms with Gasteiger partial charge in [-0.15, -0.1) is 0 Å². The summed E-state index contributed by atoms with van der Waals surface area (Å²) < 4.78 is 0. The summed E-state index contributed by atoms with van der Waals surface area (Å²) in [7, 11) is 0. The fourth-order valence-corrected chi connectivity index (χ4v) is 3.84. The van der Waals surface area contributed by atoms with Gasteiger partial charge < -0.3 is 10.6 Å². The normalized spacial score (nSPS) is 17.0.